The SMILES string of the molecule is CC(C)S(=O)(=O)c1ccc(CC(=O)Nc2ccc(Nc3cc(N4CCCC4)cnn3)cc2)cc1. The summed E-state index contributed by atoms with van der Waals surface area (Å²) in [5, 5.41) is 13.9. The van der Waals surface area contributed by atoms with Crippen molar-refractivity contribution in [2.45, 2.75) is 43.3 Å². The summed E-state index contributed by atoms with van der Waals surface area (Å²) in [4.78, 5) is 15.0. The maximum atomic E-state index is 12.4. The van der Waals surface area contributed by atoms with Crippen molar-refractivity contribution in [3.63, 3.8) is 0 Å². The molecule has 1 aliphatic heterocycles. The molecular weight excluding hydrogens is 450 g/mol. The number of hydrogen-bond acceptors (Lipinski definition) is 7. The van der Waals surface area contributed by atoms with Crippen LogP contribution in [0.3, 0.4) is 0 Å². The smallest absolute Gasteiger partial charge is 0.228 e. The van der Waals surface area contributed by atoms with E-state index in [4.69, 9.17) is 0 Å². The van der Waals surface area contributed by atoms with Crippen LogP contribution in [0.15, 0.2) is 65.7 Å². The van der Waals surface area contributed by atoms with Crippen LogP contribution in [0.1, 0.15) is 32.3 Å². The van der Waals surface area contributed by atoms with Gasteiger partial charge in [-0.25, -0.2) is 8.42 Å². The minimum atomic E-state index is -3.32. The Balaban J connectivity index is 1.33. The first kappa shape index (κ1) is 23.7. The van der Waals surface area contributed by atoms with Crippen molar-refractivity contribution in [2.24, 2.45) is 0 Å². The molecular formula is C25H29N5O3S. The highest BCUT2D eigenvalue weighted by Crippen LogP contribution is 2.23. The van der Waals surface area contributed by atoms with E-state index in [0.29, 0.717) is 11.5 Å². The number of anilines is 4. The van der Waals surface area contributed by atoms with Gasteiger partial charge in [-0.1, -0.05) is 12.1 Å². The molecule has 9 heteroatoms. The van der Waals surface area contributed by atoms with Crippen LogP contribution < -0.4 is 15.5 Å². The molecule has 178 valence electrons. The van der Waals surface area contributed by atoms with Gasteiger partial charge in [0.2, 0.25) is 5.91 Å². The Kier molecular flexibility index (Phi) is 7.12. The minimum Gasteiger partial charge on any atom is -0.370 e. The normalized spacial score (nSPS) is 13.8. The van der Waals surface area contributed by atoms with Gasteiger partial charge in [-0.15, -0.1) is 5.10 Å². The van der Waals surface area contributed by atoms with Gasteiger partial charge in [-0.05, 0) is 68.7 Å². The summed E-state index contributed by atoms with van der Waals surface area (Å²) in [6.07, 6.45) is 4.33. The summed E-state index contributed by atoms with van der Waals surface area (Å²) in [5.74, 6) is 0.494. The standard InChI is InChI=1S/C25H29N5O3S/c1-18(2)34(32,33)23-11-5-19(6-12-23)15-25(31)28-21-9-7-20(8-10-21)27-24-16-22(17-26-29-24)30-13-3-4-14-30/h5-12,16-18H,3-4,13-15H2,1-2H3,(H,27,29)(H,28,31). The lowest BCUT2D eigenvalue weighted by Gasteiger charge is -2.17. The van der Waals surface area contributed by atoms with Crippen LogP contribution in [0.25, 0.3) is 0 Å². The Morgan fingerprint density at radius 2 is 1.65 bits per heavy atom. The van der Waals surface area contributed by atoms with E-state index in [0.717, 1.165) is 30.0 Å². The zero-order chi connectivity index (χ0) is 24.1. The van der Waals surface area contributed by atoms with Crippen molar-refractivity contribution >= 4 is 38.6 Å². The number of benzene rings is 2. The number of hydrogen-bond donors (Lipinski definition) is 2. The molecule has 0 spiro atoms. The molecule has 1 saturated heterocycles. The predicted octanol–water partition coefficient (Wildman–Crippen LogP) is 4.18. The molecule has 0 unspecified atom stereocenters. The topological polar surface area (TPSA) is 104 Å². The molecule has 1 aromatic heterocycles. The first-order valence-corrected chi connectivity index (χ1v) is 12.9. The molecule has 4 rings (SSSR count). The second-order valence-electron chi connectivity index (χ2n) is 8.66. The lowest BCUT2D eigenvalue weighted by Crippen LogP contribution is -2.18. The van der Waals surface area contributed by atoms with Gasteiger partial charge < -0.3 is 15.5 Å². The molecule has 1 amide bonds. The van der Waals surface area contributed by atoms with E-state index >= 15 is 0 Å². The summed E-state index contributed by atoms with van der Waals surface area (Å²) in [6.45, 7) is 5.38. The molecule has 1 fully saturated rings. The molecule has 1 aliphatic rings. The van der Waals surface area contributed by atoms with Gasteiger partial charge in [0, 0.05) is 30.5 Å². The molecule has 0 radical (unpaired) electrons. The highest BCUT2D eigenvalue weighted by molar-refractivity contribution is 7.92. The van der Waals surface area contributed by atoms with Crippen LogP contribution in [0, 0.1) is 0 Å². The van der Waals surface area contributed by atoms with Gasteiger partial charge >= 0.3 is 0 Å². The Bertz CT molecular complexity index is 1240. The van der Waals surface area contributed by atoms with Crippen molar-refractivity contribution in [3.05, 3.63) is 66.4 Å². The fraction of sp³-hybridized carbons (Fsp3) is 0.320. The Labute approximate surface area is 200 Å². The second kappa shape index (κ2) is 10.2. The van der Waals surface area contributed by atoms with Gasteiger partial charge in [-0.2, -0.15) is 5.10 Å². The molecule has 8 nitrogen and oxygen atoms in total. The van der Waals surface area contributed by atoms with Gasteiger partial charge in [0.25, 0.3) is 0 Å². The number of amides is 1. The molecule has 0 atom stereocenters. The van der Waals surface area contributed by atoms with Crippen LogP contribution in [0.4, 0.5) is 22.9 Å². The van der Waals surface area contributed by atoms with E-state index in [1.165, 1.54) is 12.8 Å². The Morgan fingerprint density at radius 1 is 1.00 bits per heavy atom. The quantitative estimate of drug-likeness (QED) is 0.499. The maximum absolute atomic E-state index is 12.4. The van der Waals surface area contributed by atoms with Crippen LogP contribution in [-0.2, 0) is 21.1 Å². The summed E-state index contributed by atoms with van der Waals surface area (Å²) < 4.78 is 24.5. The summed E-state index contributed by atoms with van der Waals surface area (Å²) in [5.41, 5.74) is 3.32. The monoisotopic (exact) mass is 479 g/mol. The zero-order valence-electron chi connectivity index (χ0n) is 19.4. The highest BCUT2D eigenvalue weighted by atomic mass is 32.2. The summed E-state index contributed by atoms with van der Waals surface area (Å²) >= 11 is 0. The molecule has 0 saturated carbocycles. The van der Waals surface area contributed by atoms with Crippen molar-refractivity contribution in [2.75, 3.05) is 28.6 Å². The number of aromatic nitrogens is 2. The zero-order valence-corrected chi connectivity index (χ0v) is 20.2. The average molecular weight is 480 g/mol. The first-order chi connectivity index (χ1) is 16.3. The largest absolute Gasteiger partial charge is 0.370 e. The third-order valence-corrected chi connectivity index (χ3v) is 7.96. The molecule has 2 N–H and O–H groups in total. The molecule has 3 aromatic rings. The van der Waals surface area contributed by atoms with Gasteiger partial charge in [0.15, 0.2) is 15.7 Å². The Morgan fingerprint density at radius 3 is 2.29 bits per heavy atom. The molecule has 2 aromatic carbocycles. The van der Waals surface area contributed by atoms with E-state index in [9.17, 15) is 13.2 Å². The number of nitrogens with one attached hydrogen (secondary N) is 2. The third kappa shape index (κ3) is 5.72. The second-order valence-corrected chi connectivity index (χ2v) is 11.2. The van der Waals surface area contributed by atoms with E-state index in [-0.39, 0.29) is 17.2 Å². The van der Waals surface area contributed by atoms with Crippen molar-refractivity contribution in [1.82, 2.24) is 10.2 Å². The minimum absolute atomic E-state index is 0.154. The van der Waals surface area contributed by atoms with E-state index in [2.05, 4.69) is 25.7 Å². The van der Waals surface area contributed by atoms with E-state index in [1.807, 2.05) is 30.3 Å². The number of carbonyl (C=O) groups excluding carboxylic acids is 1. The van der Waals surface area contributed by atoms with Gasteiger partial charge in [0.1, 0.15) is 0 Å². The van der Waals surface area contributed by atoms with Crippen molar-refractivity contribution in [3.8, 4) is 0 Å². The third-order valence-electron chi connectivity index (χ3n) is 5.79. The number of carbonyl (C=O) groups is 1. The number of rotatable bonds is 8. The fourth-order valence-electron chi connectivity index (χ4n) is 3.81. The summed E-state index contributed by atoms with van der Waals surface area (Å²) in [6, 6.07) is 15.8. The highest BCUT2D eigenvalue weighted by Gasteiger charge is 2.19. The van der Waals surface area contributed by atoms with E-state index in [1.54, 1.807) is 44.3 Å². The van der Waals surface area contributed by atoms with Crippen LogP contribution in [0.5, 0.6) is 0 Å². The fourth-order valence-corrected chi connectivity index (χ4v) is 4.87. The van der Waals surface area contributed by atoms with Crippen LogP contribution in [-0.4, -0.2) is 42.9 Å². The first-order valence-electron chi connectivity index (χ1n) is 11.4. The lowest BCUT2D eigenvalue weighted by molar-refractivity contribution is -0.115. The van der Waals surface area contributed by atoms with Gasteiger partial charge in [-0.3, -0.25) is 4.79 Å². The molecule has 0 aliphatic carbocycles. The molecule has 34 heavy (non-hydrogen) atoms. The Hall–Kier alpha value is -3.46. The van der Waals surface area contributed by atoms with Crippen molar-refractivity contribution in [1.29, 1.82) is 0 Å². The predicted molar refractivity (Wildman–Crippen MR) is 134 cm³/mol. The van der Waals surface area contributed by atoms with Crippen LogP contribution >= 0.6 is 0 Å². The van der Waals surface area contributed by atoms with Crippen molar-refractivity contribution < 1.29 is 13.2 Å². The number of nitrogens with zero attached hydrogens (tertiary/aromatic N) is 3. The summed E-state index contributed by atoms with van der Waals surface area (Å²) in [7, 11) is -3.32. The number of sulfone groups is 1. The van der Waals surface area contributed by atoms with Gasteiger partial charge in [0.05, 0.1) is 28.5 Å². The maximum Gasteiger partial charge on any atom is 0.228 e. The van der Waals surface area contributed by atoms with E-state index < -0.39 is 15.1 Å². The van der Waals surface area contributed by atoms with Crippen LogP contribution in [0.2, 0.25) is 0 Å². The molecule has 2 heterocycles. The lowest BCUT2D eigenvalue weighted by atomic mass is 10.1. The average Bonchev–Trinajstić information content (AvgIpc) is 3.36. The molecule has 0 bridgehead atoms.